The zero-order chi connectivity index (χ0) is 9.23. The molecule has 0 bridgehead atoms. The highest BCUT2D eigenvalue weighted by Gasteiger charge is 1.79. The van der Waals surface area contributed by atoms with Crippen LogP contribution in [-0.2, 0) is 0 Å². The number of benzene rings is 1. The summed E-state index contributed by atoms with van der Waals surface area (Å²) in [6.45, 7) is 2.88. The highest BCUT2D eigenvalue weighted by Crippen LogP contribution is 1.91. The summed E-state index contributed by atoms with van der Waals surface area (Å²) in [4.78, 5) is 10.0. The number of rotatable bonds is 2. The van der Waals surface area contributed by atoms with Gasteiger partial charge in [0.15, 0.2) is 0 Å². The molecule has 0 aliphatic heterocycles. The molecule has 2 nitrogen and oxygen atoms in total. The van der Waals surface area contributed by atoms with Gasteiger partial charge in [-0.3, -0.25) is 4.79 Å². The SMILES string of the molecule is CCCN.O=Cc1ccccc1. The molecular formula is C10H15NO. The number of hydrogen-bond donors (Lipinski definition) is 1. The first-order valence-electron chi connectivity index (χ1n) is 4.05. The summed E-state index contributed by atoms with van der Waals surface area (Å²) in [5.41, 5.74) is 5.76. The van der Waals surface area contributed by atoms with Gasteiger partial charge in [0.25, 0.3) is 0 Å². The molecule has 2 N–H and O–H groups in total. The molecule has 0 aliphatic rings. The first-order valence-corrected chi connectivity index (χ1v) is 4.05. The van der Waals surface area contributed by atoms with Crippen molar-refractivity contribution in [1.82, 2.24) is 0 Å². The van der Waals surface area contributed by atoms with Crippen LogP contribution < -0.4 is 5.73 Å². The van der Waals surface area contributed by atoms with Crippen molar-refractivity contribution in [3.63, 3.8) is 0 Å². The van der Waals surface area contributed by atoms with Gasteiger partial charge in [-0.1, -0.05) is 37.3 Å². The zero-order valence-electron chi connectivity index (χ0n) is 7.36. The van der Waals surface area contributed by atoms with Gasteiger partial charge in [0.2, 0.25) is 0 Å². The third-order valence-corrected chi connectivity index (χ3v) is 1.22. The number of aldehydes is 1. The lowest BCUT2D eigenvalue weighted by Gasteiger charge is -1.81. The Labute approximate surface area is 73.4 Å². The summed E-state index contributed by atoms with van der Waals surface area (Å²) in [5, 5.41) is 0. The molecule has 1 aromatic rings. The molecule has 66 valence electrons. The van der Waals surface area contributed by atoms with Crippen LogP contribution in [0.3, 0.4) is 0 Å². The second-order valence-electron chi connectivity index (χ2n) is 2.32. The van der Waals surface area contributed by atoms with Crippen molar-refractivity contribution in [2.45, 2.75) is 13.3 Å². The van der Waals surface area contributed by atoms with Crippen LogP contribution in [0.1, 0.15) is 23.7 Å². The average molecular weight is 165 g/mol. The van der Waals surface area contributed by atoms with Crippen LogP contribution in [-0.4, -0.2) is 12.8 Å². The maximum absolute atomic E-state index is 10.0. The Bertz CT molecular complexity index is 194. The molecule has 12 heavy (non-hydrogen) atoms. The van der Waals surface area contributed by atoms with E-state index in [-0.39, 0.29) is 0 Å². The van der Waals surface area contributed by atoms with Crippen LogP contribution in [0.2, 0.25) is 0 Å². The lowest BCUT2D eigenvalue weighted by Crippen LogP contribution is -1.93. The third-order valence-electron chi connectivity index (χ3n) is 1.22. The number of carbonyl (C=O) groups is 1. The van der Waals surface area contributed by atoms with Crippen LogP contribution in [0.15, 0.2) is 30.3 Å². The fraction of sp³-hybridized carbons (Fsp3) is 0.300. The minimum atomic E-state index is 0.729. The highest BCUT2D eigenvalue weighted by molar-refractivity contribution is 5.74. The molecule has 0 aromatic heterocycles. The van der Waals surface area contributed by atoms with Crippen LogP contribution in [0.25, 0.3) is 0 Å². The van der Waals surface area contributed by atoms with Gasteiger partial charge in [-0.2, -0.15) is 0 Å². The summed E-state index contributed by atoms with van der Waals surface area (Å²) in [6, 6.07) is 9.10. The molecule has 1 aromatic carbocycles. The van der Waals surface area contributed by atoms with E-state index in [1.165, 1.54) is 0 Å². The Hall–Kier alpha value is -1.15. The predicted octanol–water partition coefficient (Wildman–Crippen LogP) is 1.85. The second kappa shape index (κ2) is 7.95. The van der Waals surface area contributed by atoms with Gasteiger partial charge in [-0.15, -0.1) is 0 Å². The van der Waals surface area contributed by atoms with Crippen molar-refractivity contribution in [2.75, 3.05) is 6.54 Å². The zero-order valence-corrected chi connectivity index (χ0v) is 7.36. The summed E-state index contributed by atoms with van der Waals surface area (Å²) in [6.07, 6.45) is 1.93. The largest absolute Gasteiger partial charge is 0.330 e. The Morgan fingerprint density at radius 1 is 1.33 bits per heavy atom. The summed E-state index contributed by atoms with van der Waals surface area (Å²) < 4.78 is 0. The Morgan fingerprint density at radius 2 is 1.83 bits per heavy atom. The van der Waals surface area contributed by atoms with E-state index in [1.807, 2.05) is 18.2 Å². The molecule has 1 rings (SSSR count). The van der Waals surface area contributed by atoms with Crippen LogP contribution in [0.5, 0.6) is 0 Å². The van der Waals surface area contributed by atoms with Gasteiger partial charge in [0.05, 0.1) is 0 Å². The van der Waals surface area contributed by atoms with Crippen molar-refractivity contribution in [2.24, 2.45) is 5.73 Å². The van der Waals surface area contributed by atoms with E-state index >= 15 is 0 Å². The Balaban J connectivity index is 0.000000261. The monoisotopic (exact) mass is 165 g/mol. The van der Waals surface area contributed by atoms with Gasteiger partial charge in [0.1, 0.15) is 6.29 Å². The van der Waals surface area contributed by atoms with Gasteiger partial charge >= 0.3 is 0 Å². The first-order chi connectivity index (χ1) is 5.85. The minimum Gasteiger partial charge on any atom is -0.330 e. The minimum absolute atomic E-state index is 0.729. The smallest absolute Gasteiger partial charge is 0.150 e. The van der Waals surface area contributed by atoms with Gasteiger partial charge in [0, 0.05) is 5.56 Å². The maximum atomic E-state index is 10.0. The summed E-state index contributed by atoms with van der Waals surface area (Å²) in [7, 11) is 0. The summed E-state index contributed by atoms with van der Waals surface area (Å²) in [5.74, 6) is 0. The second-order valence-corrected chi connectivity index (χ2v) is 2.32. The lowest BCUT2D eigenvalue weighted by molar-refractivity contribution is 0.112. The fourth-order valence-electron chi connectivity index (χ4n) is 0.532. The highest BCUT2D eigenvalue weighted by atomic mass is 16.1. The van der Waals surface area contributed by atoms with Crippen molar-refractivity contribution in [1.29, 1.82) is 0 Å². The third kappa shape index (κ3) is 5.62. The van der Waals surface area contributed by atoms with Gasteiger partial charge in [-0.25, -0.2) is 0 Å². The topological polar surface area (TPSA) is 43.1 Å². The Morgan fingerprint density at radius 3 is 2.08 bits per heavy atom. The van der Waals surface area contributed by atoms with Gasteiger partial charge in [-0.05, 0) is 13.0 Å². The van der Waals surface area contributed by atoms with Crippen LogP contribution >= 0.6 is 0 Å². The van der Waals surface area contributed by atoms with Crippen LogP contribution in [0, 0.1) is 0 Å². The predicted molar refractivity (Wildman–Crippen MR) is 51.2 cm³/mol. The fourth-order valence-corrected chi connectivity index (χ4v) is 0.532. The van der Waals surface area contributed by atoms with E-state index in [1.54, 1.807) is 12.1 Å². The number of carbonyl (C=O) groups excluding carboxylic acids is 1. The maximum Gasteiger partial charge on any atom is 0.150 e. The van der Waals surface area contributed by atoms with E-state index < -0.39 is 0 Å². The van der Waals surface area contributed by atoms with Crippen molar-refractivity contribution in [3.8, 4) is 0 Å². The lowest BCUT2D eigenvalue weighted by atomic mass is 10.2. The summed E-state index contributed by atoms with van der Waals surface area (Å²) >= 11 is 0. The van der Waals surface area contributed by atoms with E-state index in [0.29, 0.717) is 0 Å². The Kier molecular flexibility index (Phi) is 7.19. The molecule has 0 unspecified atom stereocenters. The van der Waals surface area contributed by atoms with Crippen molar-refractivity contribution < 1.29 is 4.79 Å². The van der Waals surface area contributed by atoms with E-state index in [4.69, 9.17) is 5.73 Å². The van der Waals surface area contributed by atoms with Crippen molar-refractivity contribution >= 4 is 6.29 Å². The quantitative estimate of drug-likeness (QED) is 0.680. The standard InChI is InChI=1S/C7H6O.C3H9N/c8-6-7-4-2-1-3-5-7;1-2-3-4/h1-6H;2-4H2,1H3. The number of hydrogen-bond acceptors (Lipinski definition) is 2. The molecule has 0 heterocycles. The average Bonchev–Trinajstić information content (AvgIpc) is 2.19. The van der Waals surface area contributed by atoms with Crippen molar-refractivity contribution in [3.05, 3.63) is 35.9 Å². The normalized spacial score (nSPS) is 8.17. The van der Waals surface area contributed by atoms with E-state index in [2.05, 4.69) is 6.92 Å². The van der Waals surface area contributed by atoms with E-state index in [9.17, 15) is 4.79 Å². The molecule has 0 atom stereocenters. The van der Waals surface area contributed by atoms with E-state index in [0.717, 1.165) is 24.8 Å². The molecule has 2 heteroatoms. The first kappa shape index (κ1) is 10.8. The molecule has 0 amide bonds. The molecule has 0 saturated heterocycles. The molecular weight excluding hydrogens is 150 g/mol. The molecule has 0 fully saturated rings. The van der Waals surface area contributed by atoms with Gasteiger partial charge < -0.3 is 5.73 Å². The van der Waals surface area contributed by atoms with Crippen LogP contribution in [0.4, 0.5) is 0 Å². The molecule has 0 radical (unpaired) electrons. The molecule has 0 aliphatic carbocycles. The number of nitrogens with two attached hydrogens (primary N) is 1. The molecule has 0 spiro atoms. The molecule has 0 saturated carbocycles.